The van der Waals surface area contributed by atoms with Crippen molar-refractivity contribution >= 4 is 0 Å². The van der Waals surface area contributed by atoms with Crippen LogP contribution in [0.1, 0.15) is 39.0 Å². The van der Waals surface area contributed by atoms with Gasteiger partial charge in [0.05, 0.1) is 6.61 Å². The van der Waals surface area contributed by atoms with E-state index in [1.807, 2.05) is 0 Å². The van der Waals surface area contributed by atoms with Gasteiger partial charge in [0.15, 0.2) is 0 Å². The lowest BCUT2D eigenvalue weighted by Gasteiger charge is -2.32. The molecule has 0 aliphatic heterocycles. The summed E-state index contributed by atoms with van der Waals surface area (Å²) in [6.45, 7) is 6.42. The fraction of sp³-hybridized carbons (Fsp3) is 1.00. The van der Waals surface area contributed by atoms with Crippen molar-refractivity contribution in [1.29, 1.82) is 0 Å². The summed E-state index contributed by atoms with van der Waals surface area (Å²) in [5.74, 6) is 0.910. The molecule has 2 atom stereocenters. The summed E-state index contributed by atoms with van der Waals surface area (Å²) >= 11 is 0. The van der Waals surface area contributed by atoms with Crippen LogP contribution < -0.4 is 5.32 Å². The summed E-state index contributed by atoms with van der Waals surface area (Å²) in [6.07, 6.45) is 6.98. The number of hydrogen-bond acceptors (Lipinski definition) is 3. The van der Waals surface area contributed by atoms with E-state index in [1.54, 1.807) is 7.11 Å². The Labute approximate surface area is 107 Å². The van der Waals surface area contributed by atoms with Gasteiger partial charge in [0.2, 0.25) is 0 Å². The minimum absolute atomic E-state index is 0.768. The maximum absolute atomic E-state index is 5.08. The minimum Gasteiger partial charge on any atom is -0.383 e. The molecule has 0 bridgehead atoms. The van der Waals surface area contributed by atoms with Gasteiger partial charge in [0.25, 0.3) is 0 Å². The topological polar surface area (TPSA) is 24.5 Å². The first kappa shape index (κ1) is 14.9. The Morgan fingerprint density at radius 2 is 2.00 bits per heavy atom. The molecule has 3 nitrogen and oxygen atoms in total. The third-order valence-electron chi connectivity index (χ3n) is 4.01. The molecule has 0 aromatic rings. The van der Waals surface area contributed by atoms with Crippen molar-refractivity contribution in [1.82, 2.24) is 10.2 Å². The number of hydrogen-bond donors (Lipinski definition) is 1. The molecule has 1 fully saturated rings. The second-order valence-corrected chi connectivity index (χ2v) is 5.31. The molecule has 0 aromatic heterocycles. The molecule has 0 saturated heterocycles. The van der Waals surface area contributed by atoms with E-state index in [2.05, 4.69) is 24.2 Å². The smallest absolute Gasteiger partial charge is 0.0589 e. The van der Waals surface area contributed by atoms with Gasteiger partial charge in [0, 0.05) is 32.8 Å². The molecular weight excluding hydrogens is 212 g/mol. The van der Waals surface area contributed by atoms with E-state index in [0.29, 0.717) is 0 Å². The van der Waals surface area contributed by atoms with Crippen molar-refractivity contribution in [2.45, 2.75) is 45.1 Å². The van der Waals surface area contributed by atoms with Crippen LogP contribution in [-0.2, 0) is 4.74 Å². The van der Waals surface area contributed by atoms with Crippen LogP contribution in [0.4, 0.5) is 0 Å². The van der Waals surface area contributed by atoms with E-state index in [9.17, 15) is 0 Å². The van der Waals surface area contributed by atoms with Gasteiger partial charge in [-0.1, -0.05) is 26.2 Å². The Kier molecular flexibility index (Phi) is 7.82. The normalized spacial score (nSPS) is 25.4. The van der Waals surface area contributed by atoms with Crippen LogP contribution in [0.2, 0.25) is 0 Å². The molecule has 0 heterocycles. The molecule has 1 aliphatic carbocycles. The molecule has 0 radical (unpaired) electrons. The van der Waals surface area contributed by atoms with Gasteiger partial charge in [-0.3, -0.25) is 0 Å². The van der Waals surface area contributed by atoms with Gasteiger partial charge in [0.1, 0.15) is 0 Å². The van der Waals surface area contributed by atoms with Crippen LogP contribution in [0.3, 0.4) is 0 Å². The van der Waals surface area contributed by atoms with Crippen molar-refractivity contribution < 1.29 is 4.74 Å². The van der Waals surface area contributed by atoms with Crippen molar-refractivity contribution in [3.63, 3.8) is 0 Å². The Balaban J connectivity index is 2.11. The zero-order valence-electron chi connectivity index (χ0n) is 11.9. The van der Waals surface area contributed by atoms with Crippen molar-refractivity contribution in [3.8, 4) is 0 Å². The number of ether oxygens (including phenoxy) is 1. The van der Waals surface area contributed by atoms with E-state index >= 15 is 0 Å². The van der Waals surface area contributed by atoms with E-state index in [4.69, 9.17) is 4.74 Å². The zero-order chi connectivity index (χ0) is 12.5. The molecule has 3 heteroatoms. The lowest BCUT2D eigenvalue weighted by molar-refractivity contribution is 0.159. The summed E-state index contributed by atoms with van der Waals surface area (Å²) in [6, 6.07) is 0.768. The predicted molar refractivity (Wildman–Crippen MR) is 73.4 cm³/mol. The summed E-state index contributed by atoms with van der Waals surface area (Å²) in [4.78, 5) is 2.33. The summed E-state index contributed by atoms with van der Waals surface area (Å²) in [5, 5.41) is 3.75. The second kappa shape index (κ2) is 8.90. The highest BCUT2D eigenvalue weighted by Gasteiger charge is 2.22. The van der Waals surface area contributed by atoms with E-state index in [-0.39, 0.29) is 0 Å². The molecule has 1 rings (SSSR count). The molecule has 17 heavy (non-hydrogen) atoms. The number of nitrogens with one attached hydrogen (secondary N) is 1. The average molecular weight is 242 g/mol. The quantitative estimate of drug-likeness (QED) is 0.705. The van der Waals surface area contributed by atoms with Gasteiger partial charge in [-0.15, -0.1) is 0 Å². The number of likely N-dealkylation sites (N-methyl/N-ethyl adjacent to an activating group) is 1. The zero-order valence-corrected chi connectivity index (χ0v) is 11.9. The van der Waals surface area contributed by atoms with Crippen LogP contribution >= 0.6 is 0 Å². The van der Waals surface area contributed by atoms with Gasteiger partial charge in [-0.25, -0.2) is 0 Å². The molecule has 0 amide bonds. The lowest BCUT2D eigenvalue weighted by Crippen LogP contribution is -2.42. The van der Waals surface area contributed by atoms with Gasteiger partial charge < -0.3 is 15.0 Å². The SMILES string of the molecule is CCC1CCCCC1NCCN(C)CCOC. The largest absolute Gasteiger partial charge is 0.383 e. The van der Waals surface area contributed by atoms with Crippen molar-refractivity contribution in [2.75, 3.05) is 40.4 Å². The number of nitrogens with zero attached hydrogens (tertiary/aromatic N) is 1. The molecular formula is C14H30N2O. The molecule has 1 N–H and O–H groups in total. The first-order chi connectivity index (χ1) is 8.27. The van der Waals surface area contributed by atoms with Crippen molar-refractivity contribution in [3.05, 3.63) is 0 Å². The maximum atomic E-state index is 5.08. The van der Waals surface area contributed by atoms with E-state index in [0.717, 1.165) is 38.2 Å². The highest BCUT2D eigenvalue weighted by atomic mass is 16.5. The fourth-order valence-corrected chi connectivity index (χ4v) is 2.76. The van der Waals surface area contributed by atoms with Crippen LogP contribution in [0.5, 0.6) is 0 Å². The summed E-state index contributed by atoms with van der Waals surface area (Å²) < 4.78 is 5.08. The minimum atomic E-state index is 0.768. The van der Waals surface area contributed by atoms with E-state index in [1.165, 1.54) is 32.1 Å². The molecule has 1 saturated carbocycles. The van der Waals surface area contributed by atoms with Crippen LogP contribution in [0.15, 0.2) is 0 Å². The second-order valence-electron chi connectivity index (χ2n) is 5.31. The molecule has 0 aromatic carbocycles. The number of rotatable bonds is 8. The average Bonchev–Trinajstić information content (AvgIpc) is 2.37. The highest BCUT2D eigenvalue weighted by Crippen LogP contribution is 2.26. The number of methoxy groups -OCH3 is 1. The fourth-order valence-electron chi connectivity index (χ4n) is 2.76. The molecule has 2 unspecified atom stereocenters. The summed E-state index contributed by atoms with van der Waals surface area (Å²) in [7, 11) is 3.93. The maximum Gasteiger partial charge on any atom is 0.0589 e. The molecule has 1 aliphatic rings. The standard InChI is InChI=1S/C14H30N2O/c1-4-13-7-5-6-8-14(13)15-9-10-16(2)11-12-17-3/h13-15H,4-12H2,1-3H3. The van der Waals surface area contributed by atoms with Gasteiger partial charge in [-0.2, -0.15) is 0 Å². The third kappa shape index (κ3) is 5.84. The lowest BCUT2D eigenvalue weighted by atomic mass is 9.83. The molecule has 102 valence electrons. The Hall–Kier alpha value is -0.120. The van der Waals surface area contributed by atoms with Gasteiger partial charge in [-0.05, 0) is 25.8 Å². The van der Waals surface area contributed by atoms with Crippen LogP contribution in [-0.4, -0.2) is 51.3 Å². The Morgan fingerprint density at radius 1 is 1.24 bits per heavy atom. The molecule has 0 spiro atoms. The van der Waals surface area contributed by atoms with Crippen LogP contribution in [0.25, 0.3) is 0 Å². The van der Waals surface area contributed by atoms with Gasteiger partial charge >= 0.3 is 0 Å². The Morgan fingerprint density at radius 3 is 2.71 bits per heavy atom. The summed E-state index contributed by atoms with van der Waals surface area (Å²) in [5.41, 5.74) is 0. The Bertz CT molecular complexity index is 187. The van der Waals surface area contributed by atoms with Crippen molar-refractivity contribution in [2.24, 2.45) is 5.92 Å². The first-order valence-corrected chi connectivity index (χ1v) is 7.18. The van der Waals surface area contributed by atoms with E-state index < -0.39 is 0 Å². The third-order valence-corrected chi connectivity index (χ3v) is 4.01. The van der Waals surface area contributed by atoms with Crippen LogP contribution in [0, 0.1) is 5.92 Å². The highest BCUT2D eigenvalue weighted by molar-refractivity contribution is 4.80. The predicted octanol–water partition coefficient (Wildman–Crippen LogP) is 2.12. The first-order valence-electron chi connectivity index (χ1n) is 7.18. The monoisotopic (exact) mass is 242 g/mol.